The number of hydrazine groups is 1. The minimum absolute atomic E-state index is 0.157. The third-order valence-electron chi connectivity index (χ3n) is 2.75. The molecule has 0 saturated heterocycles. The SMILES string of the molecule is Cc1cc([N+](=O)[O-])ccc1S(=O)(=O)NNC(=O)c1ccc(Br)s1. The smallest absolute Gasteiger partial charge is 0.273 e. The lowest BCUT2D eigenvalue weighted by molar-refractivity contribution is -0.385. The molecule has 0 spiro atoms. The molecule has 0 atom stereocenters. The average molecular weight is 420 g/mol. The summed E-state index contributed by atoms with van der Waals surface area (Å²) >= 11 is 4.35. The summed E-state index contributed by atoms with van der Waals surface area (Å²) in [6.45, 7) is 1.43. The van der Waals surface area contributed by atoms with Crippen LogP contribution in [-0.2, 0) is 10.0 Å². The fraction of sp³-hybridized carbons (Fsp3) is 0.0833. The highest BCUT2D eigenvalue weighted by Crippen LogP contribution is 2.22. The molecule has 1 heterocycles. The van der Waals surface area contributed by atoms with E-state index in [4.69, 9.17) is 0 Å². The summed E-state index contributed by atoms with van der Waals surface area (Å²) in [5, 5.41) is 10.7. The van der Waals surface area contributed by atoms with Crippen molar-refractivity contribution in [1.82, 2.24) is 10.3 Å². The fourth-order valence-corrected chi connectivity index (χ4v) is 4.06. The number of non-ortho nitro benzene ring substituents is 1. The second-order valence-corrected chi connectivity index (χ2v) is 8.48. The molecule has 0 aliphatic rings. The number of halogens is 1. The van der Waals surface area contributed by atoms with Gasteiger partial charge >= 0.3 is 0 Å². The molecule has 1 aromatic carbocycles. The number of amides is 1. The van der Waals surface area contributed by atoms with Gasteiger partial charge in [0.25, 0.3) is 21.6 Å². The molecular weight excluding hydrogens is 410 g/mol. The number of nitrogens with one attached hydrogen (secondary N) is 2. The number of nitro groups is 1. The lowest BCUT2D eigenvalue weighted by Crippen LogP contribution is -2.41. The van der Waals surface area contributed by atoms with E-state index in [-0.39, 0.29) is 16.1 Å². The number of hydrogen-bond acceptors (Lipinski definition) is 6. The van der Waals surface area contributed by atoms with E-state index in [1.807, 2.05) is 4.83 Å². The summed E-state index contributed by atoms with van der Waals surface area (Å²) in [4.78, 5) is 24.0. The number of carbonyl (C=O) groups excluding carboxylic acids is 1. The molecule has 2 N–H and O–H groups in total. The van der Waals surface area contributed by atoms with Crippen LogP contribution in [0.3, 0.4) is 0 Å². The Balaban J connectivity index is 2.16. The van der Waals surface area contributed by atoms with Gasteiger partial charge in [0.1, 0.15) is 0 Å². The van der Waals surface area contributed by atoms with Gasteiger partial charge in [-0.05, 0) is 46.6 Å². The summed E-state index contributed by atoms with van der Waals surface area (Å²) in [5.41, 5.74) is 2.07. The maximum Gasteiger partial charge on any atom is 0.276 e. The zero-order valence-corrected chi connectivity index (χ0v) is 14.8. The Bertz CT molecular complexity index is 879. The Kier molecular flexibility index (Phi) is 5.14. The van der Waals surface area contributed by atoms with E-state index in [9.17, 15) is 23.3 Å². The maximum atomic E-state index is 12.2. The van der Waals surface area contributed by atoms with E-state index in [1.54, 1.807) is 6.07 Å². The number of carbonyl (C=O) groups is 1. The van der Waals surface area contributed by atoms with Gasteiger partial charge in [-0.3, -0.25) is 20.3 Å². The zero-order chi connectivity index (χ0) is 17.2. The van der Waals surface area contributed by atoms with Gasteiger partial charge in [0, 0.05) is 12.1 Å². The van der Waals surface area contributed by atoms with Gasteiger partial charge in [-0.1, -0.05) is 0 Å². The Hall–Kier alpha value is -1.82. The van der Waals surface area contributed by atoms with Crippen LogP contribution in [0.4, 0.5) is 5.69 Å². The molecule has 0 aliphatic carbocycles. The standard InChI is InChI=1S/C12H10BrN3O5S2/c1-7-6-8(16(18)19)2-4-10(7)23(20,21)15-14-12(17)9-3-5-11(13)22-9/h2-6,15H,1H3,(H,14,17). The normalized spacial score (nSPS) is 11.2. The van der Waals surface area contributed by atoms with Gasteiger partial charge in [0.05, 0.1) is 18.5 Å². The molecule has 8 nitrogen and oxygen atoms in total. The highest BCUT2D eigenvalue weighted by Gasteiger charge is 2.20. The number of sulfonamides is 1. The first-order valence-corrected chi connectivity index (χ1v) is 9.12. The Morgan fingerprint density at radius 1 is 1.30 bits per heavy atom. The average Bonchev–Trinajstić information content (AvgIpc) is 2.91. The molecule has 122 valence electrons. The van der Waals surface area contributed by atoms with Crippen molar-refractivity contribution < 1.29 is 18.1 Å². The number of hydrogen-bond donors (Lipinski definition) is 2. The summed E-state index contributed by atoms with van der Waals surface area (Å²) in [6, 6.07) is 6.54. The third-order valence-corrected chi connectivity index (χ3v) is 5.79. The number of benzene rings is 1. The van der Waals surface area contributed by atoms with Crippen molar-refractivity contribution in [2.75, 3.05) is 0 Å². The van der Waals surface area contributed by atoms with Crippen molar-refractivity contribution in [3.63, 3.8) is 0 Å². The molecule has 0 unspecified atom stereocenters. The van der Waals surface area contributed by atoms with Gasteiger partial charge in [0.15, 0.2) is 0 Å². The van der Waals surface area contributed by atoms with Gasteiger partial charge in [-0.25, -0.2) is 8.42 Å². The van der Waals surface area contributed by atoms with Gasteiger partial charge < -0.3 is 0 Å². The van der Waals surface area contributed by atoms with Crippen LogP contribution in [0.2, 0.25) is 0 Å². The minimum atomic E-state index is -4.04. The van der Waals surface area contributed by atoms with Crippen molar-refractivity contribution in [3.8, 4) is 0 Å². The topological polar surface area (TPSA) is 118 Å². The molecule has 0 fully saturated rings. The first kappa shape index (κ1) is 17.5. The minimum Gasteiger partial charge on any atom is -0.273 e. The lowest BCUT2D eigenvalue weighted by atomic mass is 10.2. The quantitative estimate of drug-likeness (QED) is 0.569. The van der Waals surface area contributed by atoms with Crippen molar-refractivity contribution in [2.45, 2.75) is 11.8 Å². The first-order valence-electron chi connectivity index (χ1n) is 6.03. The number of rotatable bonds is 5. The van der Waals surface area contributed by atoms with Crippen LogP contribution in [0.1, 0.15) is 15.2 Å². The van der Waals surface area contributed by atoms with Crippen molar-refractivity contribution in [1.29, 1.82) is 0 Å². The van der Waals surface area contributed by atoms with Crippen LogP contribution in [0.25, 0.3) is 0 Å². The van der Waals surface area contributed by atoms with Crippen LogP contribution in [0.15, 0.2) is 39.0 Å². The number of thiophene rings is 1. The van der Waals surface area contributed by atoms with Crippen LogP contribution in [-0.4, -0.2) is 19.2 Å². The Morgan fingerprint density at radius 2 is 2.00 bits per heavy atom. The number of nitro benzene ring substituents is 1. The highest BCUT2D eigenvalue weighted by atomic mass is 79.9. The lowest BCUT2D eigenvalue weighted by Gasteiger charge is -2.09. The largest absolute Gasteiger partial charge is 0.276 e. The van der Waals surface area contributed by atoms with Crippen molar-refractivity contribution >= 4 is 48.9 Å². The molecular formula is C12H10BrN3O5S2. The van der Waals surface area contributed by atoms with Gasteiger partial charge in [0.2, 0.25) is 0 Å². The van der Waals surface area contributed by atoms with E-state index in [0.717, 1.165) is 33.3 Å². The van der Waals surface area contributed by atoms with E-state index < -0.39 is 20.9 Å². The highest BCUT2D eigenvalue weighted by molar-refractivity contribution is 9.11. The zero-order valence-electron chi connectivity index (χ0n) is 11.6. The van der Waals surface area contributed by atoms with Crippen LogP contribution < -0.4 is 10.3 Å². The molecule has 2 aromatic rings. The van der Waals surface area contributed by atoms with Crippen LogP contribution >= 0.6 is 27.3 Å². The van der Waals surface area contributed by atoms with Crippen molar-refractivity contribution in [3.05, 3.63) is 54.7 Å². The first-order chi connectivity index (χ1) is 10.7. The Morgan fingerprint density at radius 3 is 2.52 bits per heavy atom. The summed E-state index contributed by atoms with van der Waals surface area (Å²) < 4.78 is 25.1. The number of aryl methyl sites for hydroxylation is 1. The van der Waals surface area contributed by atoms with Gasteiger partial charge in [-0.2, -0.15) is 0 Å². The molecule has 0 bridgehead atoms. The molecule has 23 heavy (non-hydrogen) atoms. The van der Waals surface area contributed by atoms with E-state index in [0.29, 0.717) is 4.88 Å². The van der Waals surface area contributed by atoms with Crippen molar-refractivity contribution in [2.24, 2.45) is 0 Å². The molecule has 0 aliphatic heterocycles. The molecule has 1 amide bonds. The van der Waals surface area contributed by atoms with E-state index in [1.165, 1.54) is 13.0 Å². The predicted octanol–water partition coefficient (Wildman–Crippen LogP) is 2.35. The van der Waals surface area contributed by atoms with E-state index in [2.05, 4.69) is 21.4 Å². The third kappa shape index (κ3) is 4.13. The summed E-state index contributed by atoms with van der Waals surface area (Å²) in [7, 11) is -4.04. The maximum absolute atomic E-state index is 12.2. The van der Waals surface area contributed by atoms with Gasteiger partial charge in [-0.15, -0.1) is 16.2 Å². The number of nitrogens with zero attached hydrogens (tertiary/aromatic N) is 1. The van der Waals surface area contributed by atoms with Crippen LogP contribution in [0, 0.1) is 17.0 Å². The fourth-order valence-electron chi connectivity index (χ4n) is 1.72. The molecule has 11 heteroatoms. The monoisotopic (exact) mass is 419 g/mol. The summed E-state index contributed by atoms with van der Waals surface area (Å²) in [5.74, 6) is -0.608. The molecule has 2 rings (SSSR count). The van der Waals surface area contributed by atoms with E-state index >= 15 is 0 Å². The second-order valence-electron chi connectivity index (χ2n) is 4.37. The van der Waals surface area contributed by atoms with Crippen LogP contribution in [0.5, 0.6) is 0 Å². The Labute approximate surface area is 143 Å². The molecule has 0 saturated carbocycles. The molecule has 1 aromatic heterocycles. The second kappa shape index (κ2) is 6.74. The predicted molar refractivity (Wildman–Crippen MR) is 87.6 cm³/mol. The molecule has 0 radical (unpaired) electrons. The summed E-state index contributed by atoms with van der Waals surface area (Å²) in [6.07, 6.45) is 0.